The molecule has 0 atom stereocenters. The first-order valence-corrected chi connectivity index (χ1v) is 5.80. The number of hydrogen-bond donors (Lipinski definition) is 3. The van der Waals surface area contributed by atoms with Gasteiger partial charge >= 0.3 is 0 Å². The van der Waals surface area contributed by atoms with E-state index in [4.69, 9.17) is 5.14 Å². The minimum absolute atomic E-state index is 0.351. The van der Waals surface area contributed by atoms with Crippen LogP contribution in [-0.4, -0.2) is 25.2 Å². The molecule has 0 aromatic carbocycles. The summed E-state index contributed by atoms with van der Waals surface area (Å²) in [4.78, 5) is 0. The predicted octanol–water partition coefficient (Wildman–Crippen LogP) is -0.556. The number of rotatable bonds is 5. The molecule has 1 rings (SSSR count). The van der Waals surface area contributed by atoms with Gasteiger partial charge in [0.25, 0.3) is 10.2 Å². The van der Waals surface area contributed by atoms with Crippen molar-refractivity contribution < 1.29 is 8.42 Å². The molecule has 1 aromatic heterocycles. The van der Waals surface area contributed by atoms with Gasteiger partial charge in [-0.3, -0.25) is 5.10 Å². The van der Waals surface area contributed by atoms with Crippen LogP contribution in [0.5, 0.6) is 0 Å². The van der Waals surface area contributed by atoms with Crippen LogP contribution in [-0.2, 0) is 16.6 Å². The zero-order valence-electron chi connectivity index (χ0n) is 7.95. The van der Waals surface area contributed by atoms with Crippen LogP contribution >= 0.6 is 0 Å². The Morgan fingerprint density at radius 3 is 2.86 bits per heavy atom. The van der Waals surface area contributed by atoms with Crippen molar-refractivity contribution >= 4 is 10.2 Å². The van der Waals surface area contributed by atoms with Gasteiger partial charge in [0.2, 0.25) is 0 Å². The number of nitrogens with zero attached hydrogens (tertiary/aromatic N) is 1. The topological polar surface area (TPSA) is 101 Å². The van der Waals surface area contributed by atoms with E-state index in [1.165, 1.54) is 0 Å². The first kappa shape index (κ1) is 11.2. The van der Waals surface area contributed by atoms with Gasteiger partial charge in [0.1, 0.15) is 0 Å². The fourth-order valence-corrected chi connectivity index (χ4v) is 1.55. The zero-order valence-corrected chi connectivity index (χ0v) is 8.76. The molecule has 6 nitrogen and oxygen atoms in total. The van der Waals surface area contributed by atoms with Gasteiger partial charge in [-0.2, -0.15) is 13.5 Å². The van der Waals surface area contributed by atoms with Crippen molar-refractivity contribution in [1.82, 2.24) is 14.9 Å². The number of aromatic amines is 1. The first-order valence-electron chi connectivity index (χ1n) is 4.25. The molecule has 0 aliphatic heterocycles. The third kappa shape index (κ3) is 3.86. The van der Waals surface area contributed by atoms with Crippen LogP contribution in [0.2, 0.25) is 0 Å². The van der Waals surface area contributed by atoms with Crippen molar-refractivity contribution in [3.8, 4) is 0 Å². The summed E-state index contributed by atoms with van der Waals surface area (Å²) in [7, 11) is -3.55. The lowest BCUT2D eigenvalue weighted by Crippen LogP contribution is -2.31. The summed E-state index contributed by atoms with van der Waals surface area (Å²) in [6.07, 6.45) is 3.23. The van der Waals surface area contributed by atoms with Crippen LogP contribution in [0, 0.1) is 6.92 Å². The number of nitrogens with two attached hydrogens (primary N) is 1. The molecule has 0 fully saturated rings. The van der Waals surface area contributed by atoms with Crippen molar-refractivity contribution in [2.45, 2.75) is 19.8 Å². The maximum atomic E-state index is 10.5. The minimum atomic E-state index is -3.55. The third-order valence-corrected chi connectivity index (χ3v) is 2.47. The molecule has 0 radical (unpaired) electrons. The lowest BCUT2D eigenvalue weighted by atomic mass is 10.1. The number of hydrogen-bond acceptors (Lipinski definition) is 3. The fourth-order valence-electron chi connectivity index (χ4n) is 1.12. The van der Waals surface area contributed by atoms with Crippen LogP contribution < -0.4 is 9.86 Å². The molecule has 1 heterocycles. The maximum Gasteiger partial charge on any atom is 0.274 e. The summed E-state index contributed by atoms with van der Waals surface area (Å²) < 4.78 is 23.2. The summed E-state index contributed by atoms with van der Waals surface area (Å²) in [6, 6.07) is 0. The van der Waals surface area contributed by atoms with Gasteiger partial charge in [-0.25, -0.2) is 9.86 Å². The number of aryl methyl sites for hydroxylation is 2. The predicted molar refractivity (Wildman–Crippen MR) is 52.8 cm³/mol. The van der Waals surface area contributed by atoms with Crippen LogP contribution in [0.25, 0.3) is 0 Å². The van der Waals surface area contributed by atoms with Gasteiger partial charge < -0.3 is 0 Å². The number of H-pyrrole nitrogens is 1. The molecule has 1 aromatic rings. The summed E-state index contributed by atoms with van der Waals surface area (Å²) in [5.74, 6) is 0. The standard InChI is InChI=1S/C7H14N4O2S/c1-6-7(5-9-11-6)3-2-4-10-14(8,12)13/h5,10H,2-4H2,1H3,(H,9,11)(H2,8,12,13). The average molecular weight is 218 g/mol. The van der Waals surface area contributed by atoms with Gasteiger partial charge in [-0.15, -0.1) is 0 Å². The Balaban J connectivity index is 2.26. The minimum Gasteiger partial charge on any atom is -0.283 e. The van der Waals surface area contributed by atoms with E-state index < -0.39 is 10.2 Å². The lowest BCUT2D eigenvalue weighted by molar-refractivity contribution is 0.580. The summed E-state index contributed by atoms with van der Waals surface area (Å²) >= 11 is 0. The summed E-state index contributed by atoms with van der Waals surface area (Å²) in [5, 5.41) is 11.4. The second kappa shape index (κ2) is 4.54. The highest BCUT2D eigenvalue weighted by Crippen LogP contribution is 2.04. The molecular weight excluding hydrogens is 204 g/mol. The Labute approximate surface area is 83.1 Å². The highest BCUT2D eigenvalue weighted by molar-refractivity contribution is 7.87. The summed E-state index contributed by atoms with van der Waals surface area (Å²) in [5.41, 5.74) is 2.11. The van der Waals surface area contributed by atoms with Crippen LogP contribution in [0.4, 0.5) is 0 Å². The maximum absolute atomic E-state index is 10.5. The SMILES string of the molecule is Cc1[nH]ncc1CCCNS(N)(=O)=O. The van der Waals surface area contributed by atoms with Gasteiger partial charge in [0.05, 0.1) is 6.20 Å². The van der Waals surface area contributed by atoms with Gasteiger partial charge in [0.15, 0.2) is 0 Å². The molecule has 0 saturated heterocycles. The van der Waals surface area contributed by atoms with E-state index in [2.05, 4.69) is 14.9 Å². The molecule has 80 valence electrons. The van der Waals surface area contributed by atoms with Crippen molar-refractivity contribution in [3.63, 3.8) is 0 Å². The second-order valence-electron chi connectivity index (χ2n) is 3.06. The molecule has 0 unspecified atom stereocenters. The van der Waals surface area contributed by atoms with Gasteiger partial charge in [-0.1, -0.05) is 0 Å². The Bertz CT molecular complexity index is 384. The zero-order chi connectivity index (χ0) is 10.6. The smallest absolute Gasteiger partial charge is 0.274 e. The van der Waals surface area contributed by atoms with E-state index in [-0.39, 0.29) is 0 Å². The van der Waals surface area contributed by atoms with Gasteiger partial charge in [-0.05, 0) is 25.3 Å². The molecule has 0 amide bonds. The Kier molecular flexibility index (Phi) is 3.62. The summed E-state index contributed by atoms with van der Waals surface area (Å²) in [6.45, 7) is 2.28. The molecule has 0 saturated carbocycles. The second-order valence-corrected chi connectivity index (χ2v) is 4.44. The van der Waals surface area contributed by atoms with Crippen molar-refractivity contribution in [3.05, 3.63) is 17.5 Å². The fraction of sp³-hybridized carbons (Fsp3) is 0.571. The van der Waals surface area contributed by atoms with E-state index in [0.29, 0.717) is 13.0 Å². The highest BCUT2D eigenvalue weighted by atomic mass is 32.2. The lowest BCUT2D eigenvalue weighted by Gasteiger charge is -2.01. The molecule has 14 heavy (non-hydrogen) atoms. The average Bonchev–Trinajstić information content (AvgIpc) is 2.44. The first-order chi connectivity index (χ1) is 6.49. The molecule has 0 spiro atoms. The Morgan fingerprint density at radius 1 is 1.64 bits per heavy atom. The van der Waals surface area contributed by atoms with E-state index in [1.807, 2.05) is 6.92 Å². The van der Waals surface area contributed by atoms with E-state index >= 15 is 0 Å². The Morgan fingerprint density at radius 2 is 2.36 bits per heavy atom. The van der Waals surface area contributed by atoms with Crippen molar-refractivity contribution in [2.24, 2.45) is 5.14 Å². The quantitative estimate of drug-likeness (QED) is 0.577. The Hall–Kier alpha value is -0.920. The van der Waals surface area contributed by atoms with E-state index in [9.17, 15) is 8.42 Å². The monoisotopic (exact) mass is 218 g/mol. The molecule has 0 aliphatic rings. The molecule has 4 N–H and O–H groups in total. The van der Waals surface area contributed by atoms with Crippen molar-refractivity contribution in [2.75, 3.05) is 6.54 Å². The van der Waals surface area contributed by atoms with Gasteiger partial charge in [0, 0.05) is 12.2 Å². The number of nitrogens with one attached hydrogen (secondary N) is 2. The van der Waals surface area contributed by atoms with E-state index in [0.717, 1.165) is 17.7 Å². The molecule has 0 aliphatic carbocycles. The van der Waals surface area contributed by atoms with E-state index in [1.54, 1.807) is 6.20 Å². The van der Waals surface area contributed by atoms with Crippen LogP contribution in [0.3, 0.4) is 0 Å². The van der Waals surface area contributed by atoms with Crippen molar-refractivity contribution in [1.29, 1.82) is 0 Å². The molecule has 0 bridgehead atoms. The van der Waals surface area contributed by atoms with Crippen LogP contribution in [0.15, 0.2) is 6.20 Å². The molecule has 7 heteroatoms. The highest BCUT2D eigenvalue weighted by Gasteiger charge is 2.02. The normalized spacial score (nSPS) is 11.9. The third-order valence-electron chi connectivity index (χ3n) is 1.86. The number of aromatic nitrogens is 2. The largest absolute Gasteiger partial charge is 0.283 e. The van der Waals surface area contributed by atoms with Crippen LogP contribution in [0.1, 0.15) is 17.7 Å². The molecular formula is C7H14N4O2S.